The molecular weight excluding hydrogens is 757 g/mol. The number of benzene rings is 4. The molecule has 1 aliphatic rings. The quantitative estimate of drug-likeness (QED) is 0.0966. The average Bonchev–Trinajstić information content (AvgIpc) is 3.83. The molecule has 0 bridgehead atoms. The number of hydrogen-bond donors (Lipinski definition) is 6. The van der Waals surface area contributed by atoms with Crippen LogP contribution in [0.25, 0.3) is 32.7 Å². The maximum absolute atomic E-state index is 14.1. The maximum atomic E-state index is 14.1. The zero-order chi connectivity index (χ0) is 41.5. The summed E-state index contributed by atoms with van der Waals surface area (Å²) in [4.78, 5) is 61.2. The Labute approximate surface area is 327 Å². The molecule has 58 heavy (non-hydrogen) atoms. The molecule has 1 atom stereocenters. The second-order valence-corrected chi connectivity index (χ2v) is 15.0. The number of aliphatic hydroxyl groups is 1. The molecule has 3 aromatic heterocycles. The van der Waals surface area contributed by atoms with Gasteiger partial charge in [-0.3, -0.25) is 19.2 Å². The Hall–Kier alpha value is -6.74. The summed E-state index contributed by atoms with van der Waals surface area (Å²) in [5, 5.41) is 15.9. The molecular formula is C43H38F4N6O5. The summed E-state index contributed by atoms with van der Waals surface area (Å²) in [6.45, 7) is 6.84. The van der Waals surface area contributed by atoms with Crippen LogP contribution in [0.2, 0.25) is 0 Å². The number of anilines is 3. The van der Waals surface area contributed by atoms with Crippen LogP contribution in [0.1, 0.15) is 59.0 Å². The van der Waals surface area contributed by atoms with Crippen molar-refractivity contribution in [2.24, 2.45) is 0 Å². The lowest BCUT2D eigenvalue weighted by Gasteiger charge is -2.23. The van der Waals surface area contributed by atoms with Crippen molar-refractivity contribution < 1.29 is 32.3 Å². The van der Waals surface area contributed by atoms with Gasteiger partial charge in [-0.2, -0.15) is 13.2 Å². The van der Waals surface area contributed by atoms with E-state index in [9.17, 15) is 41.8 Å². The van der Waals surface area contributed by atoms with Gasteiger partial charge in [0.25, 0.3) is 11.8 Å². The van der Waals surface area contributed by atoms with E-state index in [0.29, 0.717) is 35.4 Å². The molecule has 2 amide bonds. The third-order valence-corrected chi connectivity index (χ3v) is 9.97. The minimum absolute atomic E-state index is 0.119. The van der Waals surface area contributed by atoms with E-state index in [0.717, 1.165) is 28.6 Å². The molecule has 1 aliphatic heterocycles. The van der Waals surface area contributed by atoms with Crippen molar-refractivity contribution in [3.63, 3.8) is 0 Å². The molecule has 4 aromatic carbocycles. The second-order valence-electron chi connectivity index (χ2n) is 15.0. The highest BCUT2D eigenvalue weighted by molar-refractivity contribution is 6.07. The lowest BCUT2D eigenvalue weighted by atomic mass is 9.85. The standard InChI is InChI=1S/C22H20FN3O2.C21H18F3N3O3/c1-22(2,3)14-9-12-7-8-24-17(12)10-18(14)26-21(28)13-11-25-16-6-4-5-15(23)19(16)20(13)27;22-21(23,24)16-9-12(27-8-7-13(28)11-27)5-6-18(16)26-20(30)15-10-25-17-4-2-1-3-14(17)19(15)29/h4-11,24H,1-3H3,(H,25,27)(H,26,28);1-6,9-10,13,28H,7-8,11H2,(H,25,29)(H,26,30)/t;13-/m.0/s1. The number of rotatable bonds is 5. The number of carbonyl (C=O) groups excluding carboxylic acids is 2. The van der Waals surface area contributed by atoms with Crippen molar-refractivity contribution in [2.45, 2.75) is 44.9 Å². The molecule has 11 nitrogen and oxygen atoms in total. The van der Waals surface area contributed by atoms with E-state index < -0.39 is 52.0 Å². The molecule has 0 unspecified atom stereocenters. The van der Waals surface area contributed by atoms with Gasteiger partial charge in [-0.05, 0) is 83.4 Å². The molecule has 0 saturated carbocycles. The average molecular weight is 795 g/mol. The summed E-state index contributed by atoms with van der Waals surface area (Å²) in [6.07, 6.45) is -0.480. The van der Waals surface area contributed by atoms with Crippen LogP contribution >= 0.6 is 0 Å². The number of aliphatic hydroxyl groups excluding tert-OH is 1. The molecule has 298 valence electrons. The van der Waals surface area contributed by atoms with Crippen LogP contribution < -0.4 is 26.4 Å². The number of carbonyl (C=O) groups is 2. The fourth-order valence-electron chi connectivity index (χ4n) is 6.98. The SMILES string of the molecule is CC(C)(C)c1cc2cc[nH]c2cc1NC(=O)c1c[nH]c2cccc(F)c2c1=O.O=C(Nc1ccc(N2CC[C@H](O)C2)cc1C(F)(F)F)c1c[nH]c2ccccc2c1=O. The van der Waals surface area contributed by atoms with Gasteiger partial charge in [0.1, 0.15) is 16.9 Å². The fraction of sp³-hybridized carbons (Fsp3) is 0.209. The van der Waals surface area contributed by atoms with E-state index in [1.807, 2.05) is 24.4 Å². The number of fused-ring (bicyclic) bond motifs is 3. The van der Waals surface area contributed by atoms with Crippen LogP contribution in [-0.2, 0) is 11.6 Å². The van der Waals surface area contributed by atoms with Gasteiger partial charge < -0.3 is 35.6 Å². The molecule has 0 spiro atoms. The first-order valence-electron chi connectivity index (χ1n) is 18.3. The minimum atomic E-state index is -4.72. The van der Waals surface area contributed by atoms with Crippen LogP contribution in [0.3, 0.4) is 0 Å². The normalized spacial score (nSPS) is 14.4. The van der Waals surface area contributed by atoms with Crippen molar-refractivity contribution in [3.8, 4) is 0 Å². The Morgan fingerprint density at radius 1 is 0.759 bits per heavy atom. The van der Waals surface area contributed by atoms with Crippen molar-refractivity contribution in [1.29, 1.82) is 0 Å². The molecule has 1 fully saturated rings. The van der Waals surface area contributed by atoms with Crippen LogP contribution in [0.15, 0.2) is 107 Å². The predicted molar refractivity (Wildman–Crippen MR) is 216 cm³/mol. The van der Waals surface area contributed by atoms with Gasteiger partial charge in [-0.25, -0.2) is 4.39 Å². The molecule has 7 aromatic rings. The number of pyridine rings is 2. The number of aromatic amines is 3. The number of halogens is 4. The first-order chi connectivity index (χ1) is 27.5. The first kappa shape index (κ1) is 39.5. The van der Waals surface area contributed by atoms with Crippen molar-refractivity contribution in [1.82, 2.24) is 15.0 Å². The number of H-pyrrole nitrogens is 3. The summed E-state index contributed by atoms with van der Waals surface area (Å²) < 4.78 is 55.1. The highest BCUT2D eigenvalue weighted by Gasteiger charge is 2.35. The summed E-state index contributed by atoms with van der Waals surface area (Å²) in [6, 6.07) is 20.2. The summed E-state index contributed by atoms with van der Waals surface area (Å²) in [5.74, 6) is -2.17. The number of hydrogen-bond acceptors (Lipinski definition) is 6. The first-order valence-corrected chi connectivity index (χ1v) is 18.3. The third kappa shape index (κ3) is 7.93. The fourth-order valence-corrected chi connectivity index (χ4v) is 6.98. The van der Waals surface area contributed by atoms with Gasteiger partial charge in [0.15, 0.2) is 0 Å². The molecule has 8 rings (SSSR count). The molecule has 1 saturated heterocycles. The predicted octanol–water partition coefficient (Wildman–Crippen LogP) is 8.07. The number of amides is 2. The zero-order valence-electron chi connectivity index (χ0n) is 31.5. The van der Waals surface area contributed by atoms with Gasteiger partial charge in [0.2, 0.25) is 10.9 Å². The number of aromatic nitrogens is 3. The van der Waals surface area contributed by atoms with Gasteiger partial charge in [0, 0.05) is 59.5 Å². The molecule has 0 aliphatic carbocycles. The van der Waals surface area contributed by atoms with Crippen LogP contribution in [-0.4, -0.2) is 51.1 Å². The molecule has 0 radical (unpaired) electrons. The lowest BCUT2D eigenvalue weighted by Crippen LogP contribution is -2.24. The van der Waals surface area contributed by atoms with Gasteiger partial charge in [-0.1, -0.05) is 39.0 Å². The summed E-state index contributed by atoms with van der Waals surface area (Å²) >= 11 is 0. The van der Waals surface area contributed by atoms with Crippen LogP contribution in [0.4, 0.5) is 34.6 Å². The van der Waals surface area contributed by atoms with E-state index in [4.69, 9.17) is 0 Å². The lowest BCUT2D eigenvalue weighted by molar-refractivity contribution is -0.136. The molecule has 4 heterocycles. The smallest absolute Gasteiger partial charge is 0.391 e. The van der Waals surface area contributed by atoms with E-state index >= 15 is 0 Å². The highest BCUT2D eigenvalue weighted by atomic mass is 19.4. The monoisotopic (exact) mass is 794 g/mol. The number of nitrogens with zero attached hydrogens (tertiary/aromatic N) is 1. The third-order valence-electron chi connectivity index (χ3n) is 9.97. The molecule has 6 N–H and O–H groups in total. The van der Waals surface area contributed by atoms with Crippen molar-refractivity contribution >= 4 is 61.6 Å². The van der Waals surface area contributed by atoms with Crippen LogP contribution in [0.5, 0.6) is 0 Å². The van der Waals surface area contributed by atoms with E-state index in [1.165, 1.54) is 36.7 Å². The Bertz CT molecular complexity index is 2840. The Morgan fingerprint density at radius 2 is 1.43 bits per heavy atom. The topological polar surface area (TPSA) is 163 Å². The van der Waals surface area contributed by atoms with Gasteiger partial charge in [-0.15, -0.1) is 0 Å². The number of nitrogens with one attached hydrogen (secondary N) is 5. The van der Waals surface area contributed by atoms with E-state index in [1.54, 1.807) is 29.2 Å². The number of β-amino-alcohol motifs (C(OH)–C–C–N with tert-alkyl or cyclic N) is 1. The minimum Gasteiger partial charge on any atom is -0.391 e. The van der Waals surface area contributed by atoms with Gasteiger partial charge >= 0.3 is 6.18 Å². The second kappa shape index (κ2) is 15.3. The van der Waals surface area contributed by atoms with Crippen LogP contribution in [0, 0.1) is 5.82 Å². The zero-order valence-corrected chi connectivity index (χ0v) is 31.5. The van der Waals surface area contributed by atoms with E-state index in [2.05, 4.69) is 46.4 Å². The summed E-state index contributed by atoms with van der Waals surface area (Å²) in [7, 11) is 0. The van der Waals surface area contributed by atoms with E-state index in [-0.39, 0.29) is 33.9 Å². The number of para-hydroxylation sites is 1. The van der Waals surface area contributed by atoms with Crippen molar-refractivity contribution in [2.75, 3.05) is 28.6 Å². The Balaban J connectivity index is 0.000000177. The summed E-state index contributed by atoms with van der Waals surface area (Å²) in [5.41, 5.74) is 0.292. The Kier molecular flexibility index (Phi) is 10.4. The highest BCUT2D eigenvalue weighted by Crippen LogP contribution is 2.38. The maximum Gasteiger partial charge on any atom is 0.418 e. The number of alkyl halides is 3. The van der Waals surface area contributed by atoms with Crippen molar-refractivity contribution in [3.05, 3.63) is 146 Å². The van der Waals surface area contributed by atoms with Gasteiger partial charge in [0.05, 0.1) is 28.3 Å². The largest absolute Gasteiger partial charge is 0.418 e. The molecule has 15 heteroatoms. The Morgan fingerprint density at radius 3 is 2.12 bits per heavy atom.